The van der Waals surface area contributed by atoms with Crippen LogP contribution in [0.1, 0.15) is 30.6 Å². The van der Waals surface area contributed by atoms with Crippen molar-refractivity contribution in [2.75, 3.05) is 25.0 Å². The maximum atomic E-state index is 12.5. The Kier molecular flexibility index (Phi) is 5.65. The molecule has 1 saturated carbocycles. The van der Waals surface area contributed by atoms with E-state index < -0.39 is 0 Å². The molecule has 2 fully saturated rings. The molecule has 3 atom stereocenters. The van der Waals surface area contributed by atoms with E-state index in [1.807, 2.05) is 17.0 Å². The normalized spacial score (nSPS) is 26.2. The summed E-state index contributed by atoms with van der Waals surface area (Å²) in [6.07, 6.45) is 0.976. The monoisotopic (exact) mass is 337 g/mol. The Morgan fingerprint density at radius 2 is 1.87 bits per heavy atom. The smallest absolute Gasteiger partial charge is 0.253 e. The van der Waals surface area contributed by atoms with E-state index in [1.165, 1.54) is 0 Å². The molecule has 6 heteroatoms. The third kappa shape index (κ3) is 4.24. The van der Waals surface area contributed by atoms with Gasteiger partial charge in [-0.1, -0.05) is 6.92 Å². The number of carbonyl (C=O) groups excluding carboxylic acids is 2. The number of rotatable bonds is 3. The van der Waals surface area contributed by atoms with Crippen LogP contribution in [0.15, 0.2) is 24.3 Å². The predicted molar refractivity (Wildman–Crippen MR) is 93.0 cm³/mol. The number of nitrogens with zero attached hydrogens (tertiary/aromatic N) is 1. The molecule has 0 aromatic heterocycles. The van der Waals surface area contributed by atoms with Gasteiger partial charge in [0.25, 0.3) is 5.91 Å². The van der Waals surface area contributed by atoms with Crippen LogP contribution >= 0.6 is 12.4 Å². The van der Waals surface area contributed by atoms with Gasteiger partial charge in [-0.2, -0.15) is 0 Å². The molecule has 3 rings (SSSR count). The fraction of sp³-hybridized carbons (Fsp3) is 0.529. The van der Waals surface area contributed by atoms with Crippen LogP contribution in [0, 0.1) is 11.8 Å². The molecule has 5 nitrogen and oxygen atoms in total. The lowest BCUT2D eigenvalue weighted by Gasteiger charge is -2.32. The summed E-state index contributed by atoms with van der Waals surface area (Å²) in [6.45, 7) is 6.47. The average molecular weight is 338 g/mol. The summed E-state index contributed by atoms with van der Waals surface area (Å²) >= 11 is 0. The van der Waals surface area contributed by atoms with Crippen molar-refractivity contribution in [1.82, 2.24) is 10.2 Å². The summed E-state index contributed by atoms with van der Waals surface area (Å²) in [4.78, 5) is 26.2. The molecule has 0 radical (unpaired) electrons. The van der Waals surface area contributed by atoms with Gasteiger partial charge in [-0.25, -0.2) is 0 Å². The summed E-state index contributed by atoms with van der Waals surface area (Å²) in [5.41, 5.74) is 1.43. The van der Waals surface area contributed by atoms with Crippen LogP contribution in [0.5, 0.6) is 0 Å². The second-order valence-electron chi connectivity index (χ2n) is 6.49. The van der Waals surface area contributed by atoms with Gasteiger partial charge in [-0.05, 0) is 43.5 Å². The van der Waals surface area contributed by atoms with Crippen LogP contribution < -0.4 is 10.6 Å². The first-order valence-electron chi connectivity index (χ1n) is 7.98. The highest BCUT2D eigenvalue weighted by atomic mass is 35.5. The van der Waals surface area contributed by atoms with E-state index in [2.05, 4.69) is 24.5 Å². The zero-order valence-electron chi connectivity index (χ0n) is 13.5. The summed E-state index contributed by atoms with van der Waals surface area (Å²) in [7, 11) is 0. The highest BCUT2D eigenvalue weighted by Gasteiger charge is 2.39. The molecule has 0 spiro atoms. The van der Waals surface area contributed by atoms with Crippen molar-refractivity contribution < 1.29 is 9.59 Å². The Bertz CT molecular complexity index is 576. The Balaban J connectivity index is 0.00000192. The molecule has 126 valence electrons. The largest absolute Gasteiger partial charge is 0.336 e. The van der Waals surface area contributed by atoms with E-state index in [0.29, 0.717) is 17.5 Å². The second-order valence-corrected chi connectivity index (χ2v) is 6.49. The third-order valence-electron chi connectivity index (χ3n) is 4.50. The first-order valence-corrected chi connectivity index (χ1v) is 7.98. The van der Waals surface area contributed by atoms with Gasteiger partial charge in [0.1, 0.15) is 0 Å². The third-order valence-corrected chi connectivity index (χ3v) is 4.50. The Hall–Kier alpha value is -1.59. The Morgan fingerprint density at radius 1 is 1.22 bits per heavy atom. The molecular weight excluding hydrogens is 314 g/mol. The quantitative estimate of drug-likeness (QED) is 0.888. The van der Waals surface area contributed by atoms with Gasteiger partial charge in [0, 0.05) is 42.8 Å². The van der Waals surface area contributed by atoms with Crippen LogP contribution in [-0.2, 0) is 4.79 Å². The van der Waals surface area contributed by atoms with Gasteiger partial charge < -0.3 is 15.5 Å². The fourth-order valence-corrected chi connectivity index (χ4v) is 2.92. The molecule has 0 bridgehead atoms. The van der Waals surface area contributed by atoms with E-state index in [4.69, 9.17) is 0 Å². The number of hydrogen-bond acceptors (Lipinski definition) is 3. The molecule has 1 aromatic carbocycles. The number of amides is 2. The number of anilines is 1. The number of halogens is 1. The van der Waals surface area contributed by atoms with Crippen LogP contribution in [0.3, 0.4) is 0 Å². The summed E-state index contributed by atoms with van der Waals surface area (Å²) < 4.78 is 0. The number of hydrogen-bond donors (Lipinski definition) is 2. The summed E-state index contributed by atoms with van der Waals surface area (Å²) in [5.74, 6) is 0.795. The lowest BCUT2D eigenvalue weighted by Crippen LogP contribution is -2.51. The van der Waals surface area contributed by atoms with Crippen LogP contribution in [0.25, 0.3) is 0 Å². The molecule has 1 heterocycles. The fourth-order valence-electron chi connectivity index (χ4n) is 2.92. The molecule has 23 heavy (non-hydrogen) atoms. The first kappa shape index (κ1) is 17.8. The topological polar surface area (TPSA) is 61.4 Å². The molecule has 2 aliphatic rings. The zero-order valence-corrected chi connectivity index (χ0v) is 14.4. The maximum absolute atomic E-state index is 12.5. The van der Waals surface area contributed by atoms with Gasteiger partial charge in [-0.3, -0.25) is 9.59 Å². The molecule has 1 aliphatic carbocycles. The van der Waals surface area contributed by atoms with Crippen molar-refractivity contribution in [2.24, 2.45) is 11.8 Å². The van der Waals surface area contributed by atoms with E-state index in [0.717, 1.165) is 31.7 Å². The lowest BCUT2D eigenvalue weighted by atomic mass is 10.1. The van der Waals surface area contributed by atoms with Crippen molar-refractivity contribution in [3.63, 3.8) is 0 Å². The second kappa shape index (κ2) is 7.32. The minimum absolute atomic E-state index is 0. The Morgan fingerprint density at radius 3 is 2.43 bits per heavy atom. The molecular formula is C17H24ClN3O2. The molecule has 2 N–H and O–H groups in total. The van der Waals surface area contributed by atoms with E-state index in [1.54, 1.807) is 12.1 Å². The SMILES string of the molecule is CC1CN(C(=O)c2ccc(NC(=O)C3CC3C)cc2)CCN1.Cl. The minimum atomic E-state index is 0. The summed E-state index contributed by atoms with van der Waals surface area (Å²) in [6, 6.07) is 7.53. The first-order chi connectivity index (χ1) is 10.5. The maximum Gasteiger partial charge on any atom is 0.253 e. The molecule has 1 saturated heterocycles. The van der Waals surface area contributed by atoms with Gasteiger partial charge in [0.05, 0.1) is 0 Å². The van der Waals surface area contributed by atoms with Crippen molar-refractivity contribution in [3.05, 3.63) is 29.8 Å². The van der Waals surface area contributed by atoms with E-state index in [9.17, 15) is 9.59 Å². The summed E-state index contributed by atoms with van der Waals surface area (Å²) in [5, 5.41) is 6.24. The number of piperazine rings is 1. The Labute approximate surface area is 143 Å². The van der Waals surface area contributed by atoms with Crippen molar-refractivity contribution in [1.29, 1.82) is 0 Å². The number of benzene rings is 1. The highest BCUT2D eigenvalue weighted by molar-refractivity contribution is 5.97. The van der Waals surface area contributed by atoms with Gasteiger partial charge >= 0.3 is 0 Å². The van der Waals surface area contributed by atoms with E-state index in [-0.39, 0.29) is 30.1 Å². The molecule has 1 aliphatic heterocycles. The van der Waals surface area contributed by atoms with Gasteiger partial charge in [-0.15, -0.1) is 12.4 Å². The van der Waals surface area contributed by atoms with Crippen molar-refractivity contribution in [3.8, 4) is 0 Å². The van der Waals surface area contributed by atoms with E-state index >= 15 is 0 Å². The standard InChI is InChI=1S/C17H23N3O2.ClH/c1-11-9-15(11)16(21)19-14-5-3-13(4-6-14)17(22)20-8-7-18-12(2)10-20;/h3-6,11-12,15,18H,7-10H2,1-2H3,(H,19,21);1H. The molecule has 2 amide bonds. The molecule has 1 aromatic rings. The highest BCUT2D eigenvalue weighted by Crippen LogP contribution is 2.38. The van der Waals surface area contributed by atoms with Crippen LogP contribution in [0.4, 0.5) is 5.69 Å². The van der Waals surface area contributed by atoms with Crippen molar-refractivity contribution in [2.45, 2.75) is 26.3 Å². The van der Waals surface area contributed by atoms with Gasteiger partial charge in [0.2, 0.25) is 5.91 Å². The average Bonchev–Trinajstić information content (AvgIpc) is 3.24. The zero-order chi connectivity index (χ0) is 15.7. The van der Waals surface area contributed by atoms with Crippen molar-refractivity contribution >= 4 is 29.9 Å². The minimum Gasteiger partial charge on any atom is -0.336 e. The van der Waals surface area contributed by atoms with Gasteiger partial charge in [0.15, 0.2) is 0 Å². The van der Waals surface area contributed by atoms with Crippen LogP contribution in [0.2, 0.25) is 0 Å². The molecule has 3 unspecified atom stereocenters. The van der Waals surface area contributed by atoms with Crippen LogP contribution in [-0.4, -0.2) is 42.4 Å². The lowest BCUT2D eigenvalue weighted by molar-refractivity contribution is -0.117. The number of nitrogens with one attached hydrogen (secondary N) is 2. The predicted octanol–water partition coefficient (Wildman–Crippen LogP) is 2.14. The number of carbonyl (C=O) groups is 2.